The third-order valence-corrected chi connectivity index (χ3v) is 5.50. The van der Waals surface area contributed by atoms with Crippen molar-refractivity contribution in [3.8, 4) is 5.75 Å². The predicted octanol–water partition coefficient (Wildman–Crippen LogP) is 3.35. The zero-order valence-electron chi connectivity index (χ0n) is 13.7. The number of anilines is 1. The van der Waals surface area contributed by atoms with Crippen LogP contribution in [-0.2, 0) is 14.9 Å². The molecule has 0 radical (unpaired) electrons. The number of nitro groups is 1. The van der Waals surface area contributed by atoms with E-state index in [-0.39, 0.29) is 17.3 Å². The number of nitro benzene ring substituents is 1. The summed E-state index contributed by atoms with van der Waals surface area (Å²) in [4.78, 5) is 24.9. The van der Waals surface area contributed by atoms with E-state index in [0.29, 0.717) is 31.8 Å². The minimum atomic E-state index is -0.722. The van der Waals surface area contributed by atoms with Crippen LogP contribution in [0.1, 0.15) is 17.7 Å². The van der Waals surface area contributed by atoms with Gasteiger partial charge in [-0.25, -0.2) is 0 Å². The van der Waals surface area contributed by atoms with E-state index in [9.17, 15) is 14.9 Å². The summed E-state index contributed by atoms with van der Waals surface area (Å²) < 4.78 is 10.4. The molecule has 1 aromatic heterocycles. The van der Waals surface area contributed by atoms with Crippen molar-refractivity contribution >= 4 is 28.6 Å². The van der Waals surface area contributed by atoms with Crippen molar-refractivity contribution in [2.24, 2.45) is 0 Å². The van der Waals surface area contributed by atoms with Crippen LogP contribution in [0.25, 0.3) is 0 Å². The molecular weight excluding hydrogens is 344 g/mol. The number of methoxy groups -OCH3 is 1. The van der Waals surface area contributed by atoms with Crippen LogP contribution in [0.4, 0.5) is 11.4 Å². The Bertz CT molecular complexity index is 769. The second-order valence-corrected chi connectivity index (χ2v) is 6.71. The number of hydrogen-bond acceptors (Lipinski definition) is 6. The van der Waals surface area contributed by atoms with Crippen LogP contribution in [0.2, 0.25) is 0 Å². The fourth-order valence-corrected chi connectivity index (χ4v) is 3.98. The van der Waals surface area contributed by atoms with Crippen molar-refractivity contribution < 1.29 is 19.2 Å². The normalized spacial score (nSPS) is 16.2. The Balaban J connectivity index is 1.94. The first-order valence-corrected chi connectivity index (χ1v) is 8.70. The van der Waals surface area contributed by atoms with Crippen LogP contribution >= 0.6 is 11.3 Å². The summed E-state index contributed by atoms with van der Waals surface area (Å²) in [5, 5.41) is 16.0. The Morgan fingerprint density at radius 3 is 2.72 bits per heavy atom. The lowest BCUT2D eigenvalue weighted by molar-refractivity contribution is -0.384. The molecule has 0 aliphatic carbocycles. The van der Waals surface area contributed by atoms with Gasteiger partial charge in [0.1, 0.15) is 11.4 Å². The Labute approximate surface area is 148 Å². The molecule has 0 bridgehead atoms. The zero-order chi connectivity index (χ0) is 17.9. The average molecular weight is 362 g/mol. The summed E-state index contributed by atoms with van der Waals surface area (Å²) in [7, 11) is 1.44. The summed E-state index contributed by atoms with van der Waals surface area (Å²) in [5.41, 5.74) is -0.750. The molecule has 1 aromatic carbocycles. The zero-order valence-corrected chi connectivity index (χ0v) is 14.5. The maximum absolute atomic E-state index is 13.1. The molecule has 8 heteroatoms. The predicted molar refractivity (Wildman–Crippen MR) is 94.3 cm³/mol. The second-order valence-electron chi connectivity index (χ2n) is 5.77. The number of nitrogens with one attached hydrogen (secondary N) is 1. The van der Waals surface area contributed by atoms with Crippen molar-refractivity contribution in [3.05, 3.63) is 50.7 Å². The number of hydrogen-bond donors (Lipinski definition) is 1. The van der Waals surface area contributed by atoms with Gasteiger partial charge in [-0.05, 0) is 36.4 Å². The summed E-state index contributed by atoms with van der Waals surface area (Å²) in [6.07, 6.45) is 1.09. The van der Waals surface area contributed by atoms with Gasteiger partial charge in [0.25, 0.3) is 5.69 Å². The largest absolute Gasteiger partial charge is 0.496 e. The molecule has 0 unspecified atom stereocenters. The number of carbonyl (C=O) groups excluding carboxylic acids is 1. The molecule has 2 heterocycles. The minimum absolute atomic E-state index is 0.165. The van der Waals surface area contributed by atoms with Gasteiger partial charge in [-0.3, -0.25) is 14.9 Å². The first-order valence-electron chi connectivity index (χ1n) is 7.82. The molecule has 0 spiro atoms. The highest BCUT2D eigenvalue weighted by molar-refractivity contribution is 7.10. The molecule has 1 amide bonds. The van der Waals surface area contributed by atoms with Gasteiger partial charge < -0.3 is 14.8 Å². The molecule has 0 saturated carbocycles. The van der Waals surface area contributed by atoms with Gasteiger partial charge in [0.15, 0.2) is 0 Å². The molecule has 0 atom stereocenters. The standard InChI is InChI=1S/C17H18N2O5S/c1-23-12-4-5-13(14(11-12)19(21)22)18-16(20)17(6-8-24-9-7-17)15-3-2-10-25-15/h2-5,10-11H,6-9H2,1H3,(H,18,20). The molecule has 7 nitrogen and oxygen atoms in total. The third kappa shape index (κ3) is 3.35. The molecule has 1 aliphatic heterocycles. The fourth-order valence-electron chi connectivity index (χ4n) is 2.99. The molecular formula is C17H18N2O5S. The molecule has 132 valence electrons. The highest BCUT2D eigenvalue weighted by atomic mass is 32.1. The van der Waals surface area contributed by atoms with E-state index in [1.54, 1.807) is 6.07 Å². The SMILES string of the molecule is COc1ccc(NC(=O)C2(c3cccs3)CCOCC2)c([N+](=O)[O-])c1. The average Bonchev–Trinajstić information content (AvgIpc) is 3.17. The van der Waals surface area contributed by atoms with Crippen LogP contribution in [0.5, 0.6) is 5.75 Å². The smallest absolute Gasteiger partial charge is 0.296 e. The molecule has 2 aromatic rings. The van der Waals surface area contributed by atoms with E-state index in [1.165, 1.54) is 30.6 Å². The van der Waals surface area contributed by atoms with E-state index >= 15 is 0 Å². The Morgan fingerprint density at radius 1 is 1.36 bits per heavy atom. The number of thiophene rings is 1. The lowest BCUT2D eigenvalue weighted by Gasteiger charge is -2.34. The number of carbonyl (C=O) groups is 1. The second kappa shape index (κ2) is 7.20. The summed E-state index contributed by atoms with van der Waals surface area (Å²) >= 11 is 1.51. The van der Waals surface area contributed by atoms with Crippen LogP contribution in [0.3, 0.4) is 0 Å². The summed E-state index contributed by atoms with van der Waals surface area (Å²) in [6.45, 7) is 0.964. The maximum atomic E-state index is 13.1. The maximum Gasteiger partial charge on any atom is 0.296 e. The molecule has 3 rings (SSSR count). The Kier molecular flexibility index (Phi) is 5.00. The van der Waals surface area contributed by atoms with Crippen LogP contribution in [0, 0.1) is 10.1 Å². The van der Waals surface area contributed by atoms with Gasteiger partial charge in [-0.15, -0.1) is 11.3 Å². The highest BCUT2D eigenvalue weighted by Crippen LogP contribution is 2.39. The van der Waals surface area contributed by atoms with E-state index in [1.807, 2.05) is 17.5 Å². The van der Waals surface area contributed by atoms with Gasteiger partial charge >= 0.3 is 0 Å². The van der Waals surface area contributed by atoms with E-state index in [2.05, 4.69) is 5.32 Å². The number of nitrogens with zero attached hydrogens (tertiary/aromatic N) is 1. The molecule has 1 fully saturated rings. The van der Waals surface area contributed by atoms with Crippen LogP contribution in [0.15, 0.2) is 35.7 Å². The fraction of sp³-hybridized carbons (Fsp3) is 0.353. The van der Waals surface area contributed by atoms with Crippen LogP contribution < -0.4 is 10.1 Å². The third-order valence-electron chi connectivity index (χ3n) is 4.42. The number of ether oxygens (including phenoxy) is 2. The highest BCUT2D eigenvalue weighted by Gasteiger charge is 2.43. The van der Waals surface area contributed by atoms with E-state index in [4.69, 9.17) is 9.47 Å². The molecule has 25 heavy (non-hydrogen) atoms. The van der Waals surface area contributed by atoms with Gasteiger partial charge in [0, 0.05) is 18.1 Å². The topological polar surface area (TPSA) is 90.7 Å². The summed E-state index contributed by atoms with van der Waals surface area (Å²) in [5.74, 6) is 0.121. The Hall–Kier alpha value is -2.45. The van der Waals surface area contributed by atoms with Crippen molar-refractivity contribution in [1.29, 1.82) is 0 Å². The van der Waals surface area contributed by atoms with Crippen molar-refractivity contribution in [2.45, 2.75) is 18.3 Å². The van der Waals surface area contributed by atoms with Gasteiger partial charge in [-0.1, -0.05) is 6.07 Å². The van der Waals surface area contributed by atoms with Crippen molar-refractivity contribution in [2.75, 3.05) is 25.6 Å². The van der Waals surface area contributed by atoms with E-state index in [0.717, 1.165) is 4.88 Å². The first-order chi connectivity index (χ1) is 12.1. The van der Waals surface area contributed by atoms with E-state index < -0.39 is 10.3 Å². The van der Waals surface area contributed by atoms with Gasteiger partial charge in [-0.2, -0.15) is 0 Å². The molecule has 1 aliphatic rings. The van der Waals surface area contributed by atoms with Gasteiger partial charge in [0.2, 0.25) is 5.91 Å². The lowest BCUT2D eigenvalue weighted by atomic mass is 9.78. The number of rotatable bonds is 5. The minimum Gasteiger partial charge on any atom is -0.496 e. The molecule has 1 N–H and O–H groups in total. The molecule has 1 saturated heterocycles. The number of amides is 1. The van der Waals surface area contributed by atoms with Crippen molar-refractivity contribution in [1.82, 2.24) is 0 Å². The number of benzene rings is 1. The lowest BCUT2D eigenvalue weighted by Crippen LogP contribution is -2.44. The quantitative estimate of drug-likeness (QED) is 0.651. The Morgan fingerprint density at radius 2 is 2.12 bits per heavy atom. The monoisotopic (exact) mass is 362 g/mol. The van der Waals surface area contributed by atoms with Crippen molar-refractivity contribution in [3.63, 3.8) is 0 Å². The van der Waals surface area contributed by atoms with Gasteiger partial charge in [0.05, 0.1) is 23.5 Å². The van der Waals surface area contributed by atoms with Crippen LogP contribution in [-0.4, -0.2) is 31.2 Å². The summed E-state index contributed by atoms with van der Waals surface area (Å²) in [6, 6.07) is 8.22. The first kappa shape index (κ1) is 17.4.